The van der Waals surface area contributed by atoms with Crippen molar-refractivity contribution in [3.05, 3.63) is 64.8 Å². The van der Waals surface area contributed by atoms with Gasteiger partial charge < -0.3 is 14.7 Å². The Bertz CT molecular complexity index is 957. The Morgan fingerprint density at radius 1 is 1.29 bits per heavy atom. The zero-order valence-corrected chi connectivity index (χ0v) is 15.9. The van der Waals surface area contributed by atoms with Crippen LogP contribution in [0, 0.1) is 6.07 Å². The molecule has 1 radical (unpaired) electrons. The largest absolute Gasteiger partial charge is 0.512 e. The van der Waals surface area contributed by atoms with E-state index in [0.29, 0.717) is 5.39 Å². The quantitative estimate of drug-likeness (QED) is 0.241. The molecule has 0 aliphatic rings. The molecule has 0 unspecified atom stereocenters. The van der Waals surface area contributed by atoms with Gasteiger partial charge in [0.25, 0.3) is 0 Å². The molecule has 0 saturated carbocycles. The van der Waals surface area contributed by atoms with E-state index < -0.39 is 0 Å². The number of rotatable bonds is 1. The van der Waals surface area contributed by atoms with E-state index in [1.807, 2.05) is 24.3 Å². The molecule has 6 heteroatoms. The van der Waals surface area contributed by atoms with Crippen LogP contribution >= 0.6 is 0 Å². The summed E-state index contributed by atoms with van der Waals surface area (Å²) in [4.78, 5) is 26.4. The third-order valence-electron chi connectivity index (χ3n) is 3.19. The number of benzene rings is 1. The van der Waals surface area contributed by atoms with Crippen LogP contribution in [0.4, 0.5) is 0 Å². The molecule has 0 aliphatic carbocycles. The van der Waals surface area contributed by atoms with Crippen LogP contribution in [0.5, 0.6) is 0 Å². The number of aliphatic hydroxyl groups excluding tert-OH is 1. The zero-order valence-electron chi connectivity index (χ0n) is 13.5. The van der Waals surface area contributed by atoms with Gasteiger partial charge in [0.1, 0.15) is 0 Å². The minimum atomic E-state index is -0.125. The molecule has 2 aromatic heterocycles. The van der Waals surface area contributed by atoms with Crippen LogP contribution in [0.3, 0.4) is 0 Å². The average Bonchev–Trinajstić information content (AvgIpc) is 2.52. The van der Waals surface area contributed by atoms with Crippen LogP contribution in [0.25, 0.3) is 21.8 Å². The molecule has 3 rings (SSSR count). The summed E-state index contributed by atoms with van der Waals surface area (Å²) in [6, 6.07) is 12.2. The first-order valence-corrected chi connectivity index (χ1v) is 7.03. The summed E-state index contributed by atoms with van der Waals surface area (Å²) < 4.78 is 1.62. The van der Waals surface area contributed by atoms with Crippen molar-refractivity contribution in [1.82, 2.24) is 9.55 Å². The summed E-state index contributed by atoms with van der Waals surface area (Å²) in [5.41, 5.74) is 1.65. The van der Waals surface area contributed by atoms with Gasteiger partial charge in [0.05, 0.1) is 5.76 Å². The number of pyridine rings is 2. The molecular weight excluding hydrogens is 484 g/mol. The summed E-state index contributed by atoms with van der Waals surface area (Å²) in [5.74, 6) is -0.0625. The normalized spacial score (nSPS) is 10.7. The molecule has 3 aromatic rings. The monoisotopic (exact) mass is 502 g/mol. The predicted octanol–water partition coefficient (Wildman–Crippen LogP) is 2.92. The second-order valence-electron chi connectivity index (χ2n) is 5.09. The fourth-order valence-electron chi connectivity index (χ4n) is 2.26. The maximum atomic E-state index is 12.1. The predicted molar refractivity (Wildman–Crippen MR) is 90.4 cm³/mol. The van der Waals surface area contributed by atoms with Crippen molar-refractivity contribution >= 4 is 27.6 Å². The Hall–Kier alpha value is -2.30. The van der Waals surface area contributed by atoms with Gasteiger partial charge in [-0.2, -0.15) is 0 Å². The van der Waals surface area contributed by atoms with E-state index in [9.17, 15) is 9.59 Å². The van der Waals surface area contributed by atoms with Gasteiger partial charge in [0, 0.05) is 50.5 Å². The van der Waals surface area contributed by atoms with Crippen LogP contribution < -0.4 is 5.56 Å². The first-order valence-electron chi connectivity index (χ1n) is 7.03. The molecule has 0 fully saturated rings. The second-order valence-corrected chi connectivity index (χ2v) is 5.09. The molecule has 1 N–H and O–H groups in total. The van der Waals surface area contributed by atoms with Gasteiger partial charge in [-0.25, -0.2) is 0 Å². The fourth-order valence-corrected chi connectivity index (χ4v) is 2.26. The van der Waals surface area contributed by atoms with E-state index in [-0.39, 0.29) is 37.2 Å². The average molecular weight is 502 g/mol. The summed E-state index contributed by atoms with van der Waals surface area (Å²) in [6.45, 7) is 2.85. The zero-order chi connectivity index (χ0) is 17.0. The summed E-state index contributed by atoms with van der Waals surface area (Å²) in [5, 5.41) is 9.82. The van der Waals surface area contributed by atoms with Crippen molar-refractivity contribution in [1.29, 1.82) is 0 Å². The Morgan fingerprint density at radius 3 is 2.58 bits per heavy atom. The van der Waals surface area contributed by atoms with E-state index in [1.54, 1.807) is 23.9 Å². The summed E-state index contributed by atoms with van der Waals surface area (Å²) in [6.07, 6.45) is 2.90. The Labute approximate surface area is 153 Å². The Kier molecular flexibility index (Phi) is 7.01. The van der Waals surface area contributed by atoms with E-state index >= 15 is 0 Å². The first kappa shape index (κ1) is 19.7. The van der Waals surface area contributed by atoms with Crippen LogP contribution in [0.15, 0.2) is 53.2 Å². The van der Waals surface area contributed by atoms with Gasteiger partial charge in [-0.15, -0.1) is 29.7 Å². The molecule has 2 heterocycles. The number of allylic oxidation sites excluding steroid dienone is 2. The molecule has 5 nitrogen and oxygen atoms in total. The van der Waals surface area contributed by atoms with Crippen molar-refractivity contribution in [2.24, 2.45) is 7.05 Å². The molecular formula is C18H17IrN2O3-. The Balaban J connectivity index is 0.000000312. The standard InChI is InChI=1S/C13H9N2O.C5H8O2.Ir/c1-15-11-7-4-8-14-12(11)9-5-2-3-6-10(9)13(15)16;1-4(6)3-5(2)7;/h2-4,6-8H,1H3;3,6H,1-2H3;/q-1;;/b;4-3-;. The van der Waals surface area contributed by atoms with E-state index in [1.165, 1.54) is 19.9 Å². The molecule has 0 spiro atoms. The minimum Gasteiger partial charge on any atom is -0.512 e. The molecule has 0 aliphatic heterocycles. The molecule has 127 valence electrons. The maximum absolute atomic E-state index is 12.1. The molecule has 24 heavy (non-hydrogen) atoms. The van der Waals surface area contributed by atoms with Gasteiger partial charge in [-0.3, -0.25) is 9.59 Å². The summed E-state index contributed by atoms with van der Waals surface area (Å²) >= 11 is 0. The molecule has 0 saturated heterocycles. The van der Waals surface area contributed by atoms with Crippen LogP contribution in [-0.2, 0) is 31.9 Å². The molecule has 0 bridgehead atoms. The van der Waals surface area contributed by atoms with Crippen molar-refractivity contribution in [2.75, 3.05) is 0 Å². The number of ketones is 1. The van der Waals surface area contributed by atoms with Gasteiger partial charge >= 0.3 is 0 Å². The van der Waals surface area contributed by atoms with Crippen LogP contribution in [0.1, 0.15) is 13.8 Å². The van der Waals surface area contributed by atoms with Crippen LogP contribution in [0.2, 0.25) is 0 Å². The number of aliphatic hydroxyl groups is 1. The third-order valence-corrected chi connectivity index (χ3v) is 3.19. The number of hydrogen-bond donors (Lipinski definition) is 1. The topological polar surface area (TPSA) is 72.2 Å². The van der Waals surface area contributed by atoms with Gasteiger partial charge in [0.2, 0.25) is 5.56 Å². The first-order chi connectivity index (χ1) is 10.9. The Morgan fingerprint density at radius 2 is 2.00 bits per heavy atom. The molecule has 0 atom stereocenters. The molecule has 0 amide bonds. The number of aryl methyl sites for hydroxylation is 1. The van der Waals surface area contributed by atoms with Crippen molar-refractivity contribution < 1.29 is 30.0 Å². The number of nitrogens with zero attached hydrogens (tertiary/aromatic N) is 2. The van der Waals surface area contributed by atoms with Gasteiger partial charge in [0.15, 0.2) is 5.78 Å². The van der Waals surface area contributed by atoms with Crippen LogP contribution in [-0.4, -0.2) is 20.4 Å². The van der Waals surface area contributed by atoms with E-state index in [2.05, 4.69) is 11.1 Å². The minimum absolute atomic E-state index is 0. The van der Waals surface area contributed by atoms with Crippen molar-refractivity contribution in [3.8, 4) is 0 Å². The fraction of sp³-hybridized carbons (Fsp3) is 0.167. The summed E-state index contributed by atoms with van der Waals surface area (Å²) in [7, 11) is 1.76. The smallest absolute Gasteiger partial charge is 0.215 e. The number of hydrogen-bond acceptors (Lipinski definition) is 4. The van der Waals surface area contributed by atoms with Crippen molar-refractivity contribution in [3.63, 3.8) is 0 Å². The number of carbonyl (C=O) groups is 1. The number of carbonyl (C=O) groups excluding carboxylic acids is 1. The third kappa shape index (κ3) is 4.37. The molecule has 1 aromatic carbocycles. The SMILES string of the molecule is CC(=O)/C=C(/C)O.Cn1c(=O)c2ccc[c-]c2c2ncccc21.[Ir]. The number of aromatic nitrogens is 2. The van der Waals surface area contributed by atoms with E-state index in [4.69, 9.17) is 5.11 Å². The van der Waals surface area contributed by atoms with Gasteiger partial charge in [-0.1, -0.05) is 0 Å². The second kappa shape index (κ2) is 8.52. The van der Waals surface area contributed by atoms with Gasteiger partial charge in [-0.05, 0) is 31.4 Å². The van der Waals surface area contributed by atoms with E-state index in [0.717, 1.165) is 16.4 Å². The van der Waals surface area contributed by atoms with Crippen molar-refractivity contribution in [2.45, 2.75) is 13.8 Å². The maximum Gasteiger partial charge on any atom is 0.215 e. The number of fused-ring (bicyclic) bond motifs is 3.